The van der Waals surface area contributed by atoms with Crippen molar-refractivity contribution in [1.82, 2.24) is 14.6 Å². The van der Waals surface area contributed by atoms with E-state index in [1.807, 2.05) is 6.92 Å². The van der Waals surface area contributed by atoms with Gasteiger partial charge in [0.1, 0.15) is 0 Å². The highest BCUT2D eigenvalue weighted by molar-refractivity contribution is 7.89. The number of hydrogen-bond donors (Lipinski definition) is 2. The highest BCUT2D eigenvalue weighted by atomic mass is 32.2. The minimum atomic E-state index is -3.40. The van der Waals surface area contributed by atoms with Crippen LogP contribution >= 0.6 is 0 Å². The van der Waals surface area contributed by atoms with Gasteiger partial charge in [-0.2, -0.15) is 4.31 Å². The highest BCUT2D eigenvalue weighted by Crippen LogP contribution is 2.21. The summed E-state index contributed by atoms with van der Waals surface area (Å²) in [6, 6.07) is 2.34. The van der Waals surface area contributed by atoms with Crippen LogP contribution in [0.1, 0.15) is 25.5 Å². The molecule has 1 aromatic heterocycles. The second kappa shape index (κ2) is 5.48. The molecule has 0 bridgehead atoms. The molecule has 0 radical (unpaired) electrons. The van der Waals surface area contributed by atoms with Crippen molar-refractivity contribution in [3.63, 3.8) is 0 Å². The third-order valence-electron chi connectivity index (χ3n) is 3.72. The molecule has 112 valence electrons. The number of aromatic nitrogens is 1. The normalized spacial score (nSPS) is 24.9. The fraction of sp³-hybridized carbons (Fsp3) is 0.692. The van der Waals surface area contributed by atoms with E-state index >= 15 is 0 Å². The van der Waals surface area contributed by atoms with E-state index in [0.717, 1.165) is 5.69 Å². The number of hydrogen-bond acceptors (Lipinski definition) is 4. The topological polar surface area (TPSA) is 74.4 Å². The van der Waals surface area contributed by atoms with E-state index in [2.05, 4.69) is 10.3 Å². The molecule has 2 aliphatic rings. The third kappa shape index (κ3) is 3.06. The van der Waals surface area contributed by atoms with Crippen LogP contribution in [0.15, 0.2) is 17.2 Å². The molecule has 1 unspecified atom stereocenters. The van der Waals surface area contributed by atoms with E-state index in [1.165, 1.54) is 17.1 Å². The summed E-state index contributed by atoms with van der Waals surface area (Å²) in [5.74, 6) is 0. The van der Waals surface area contributed by atoms with Crippen LogP contribution in [0.2, 0.25) is 0 Å². The van der Waals surface area contributed by atoms with Crippen molar-refractivity contribution in [2.45, 2.75) is 43.4 Å². The molecule has 7 heteroatoms. The Morgan fingerprint density at radius 1 is 1.50 bits per heavy atom. The predicted octanol–water partition coefficient (Wildman–Crippen LogP) is 0.676. The molecule has 1 saturated heterocycles. The lowest BCUT2D eigenvalue weighted by Crippen LogP contribution is -2.44. The summed E-state index contributed by atoms with van der Waals surface area (Å²) in [5.41, 5.74) is 0.914. The monoisotopic (exact) mass is 299 g/mol. The zero-order chi connectivity index (χ0) is 14.2. The van der Waals surface area contributed by atoms with Crippen molar-refractivity contribution in [3.05, 3.63) is 18.0 Å². The summed E-state index contributed by atoms with van der Waals surface area (Å²) < 4.78 is 31.9. The van der Waals surface area contributed by atoms with Gasteiger partial charge in [-0.05, 0) is 25.8 Å². The Kier molecular flexibility index (Phi) is 3.85. The van der Waals surface area contributed by atoms with Gasteiger partial charge < -0.3 is 15.0 Å². The number of H-pyrrole nitrogens is 1. The van der Waals surface area contributed by atoms with E-state index in [4.69, 9.17) is 4.74 Å². The molecule has 1 aliphatic carbocycles. The predicted molar refractivity (Wildman–Crippen MR) is 74.8 cm³/mol. The van der Waals surface area contributed by atoms with Gasteiger partial charge in [0, 0.05) is 37.6 Å². The van der Waals surface area contributed by atoms with Gasteiger partial charge in [0.15, 0.2) is 0 Å². The second-order valence-corrected chi connectivity index (χ2v) is 7.50. The van der Waals surface area contributed by atoms with Crippen molar-refractivity contribution in [3.8, 4) is 0 Å². The van der Waals surface area contributed by atoms with Crippen LogP contribution in [0.3, 0.4) is 0 Å². The SMILES string of the molecule is CC1CN(S(=O)(=O)c2c[nH]c(CNC3CC3)c2)CCO1. The number of rotatable bonds is 5. The number of nitrogens with one attached hydrogen (secondary N) is 2. The van der Waals surface area contributed by atoms with Crippen LogP contribution in [-0.2, 0) is 21.3 Å². The van der Waals surface area contributed by atoms with Gasteiger partial charge >= 0.3 is 0 Å². The van der Waals surface area contributed by atoms with Crippen LogP contribution in [-0.4, -0.2) is 49.5 Å². The summed E-state index contributed by atoms with van der Waals surface area (Å²) in [6.07, 6.45) is 3.97. The Labute approximate surface area is 119 Å². The minimum Gasteiger partial charge on any atom is -0.376 e. The third-order valence-corrected chi connectivity index (χ3v) is 5.56. The van der Waals surface area contributed by atoms with Gasteiger partial charge in [-0.3, -0.25) is 0 Å². The molecule has 1 aliphatic heterocycles. The Morgan fingerprint density at radius 3 is 3.00 bits per heavy atom. The van der Waals surface area contributed by atoms with Crippen molar-refractivity contribution >= 4 is 10.0 Å². The first kappa shape index (κ1) is 14.1. The van der Waals surface area contributed by atoms with Gasteiger partial charge in [-0.15, -0.1) is 0 Å². The maximum atomic E-state index is 12.5. The van der Waals surface area contributed by atoms with Crippen LogP contribution in [0.4, 0.5) is 0 Å². The quantitative estimate of drug-likeness (QED) is 0.838. The van der Waals surface area contributed by atoms with E-state index in [1.54, 1.807) is 12.3 Å². The number of nitrogens with zero attached hydrogens (tertiary/aromatic N) is 1. The van der Waals surface area contributed by atoms with E-state index in [-0.39, 0.29) is 6.10 Å². The summed E-state index contributed by atoms with van der Waals surface area (Å²) in [6.45, 7) is 3.89. The summed E-state index contributed by atoms with van der Waals surface area (Å²) in [7, 11) is -3.40. The van der Waals surface area contributed by atoms with Gasteiger partial charge in [-0.1, -0.05) is 0 Å². The van der Waals surface area contributed by atoms with E-state index in [9.17, 15) is 8.42 Å². The van der Waals surface area contributed by atoms with Crippen LogP contribution in [0.25, 0.3) is 0 Å². The highest BCUT2D eigenvalue weighted by Gasteiger charge is 2.30. The molecule has 2 heterocycles. The molecular weight excluding hydrogens is 278 g/mol. The van der Waals surface area contributed by atoms with Gasteiger partial charge in [0.2, 0.25) is 10.0 Å². The van der Waals surface area contributed by atoms with Gasteiger partial charge in [0.05, 0.1) is 17.6 Å². The molecule has 1 aromatic rings. The molecule has 0 spiro atoms. The first-order valence-corrected chi connectivity index (χ1v) is 8.52. The molecule has 0 aromatic carbocycles. The van der Waals surface area contributed by atoms with Crippen molar-refractivity contribution in [2.24, 2.45) is 0 Å². The number of sulfonamides is 1. The fourth-order valence-electron chi connectivity index (χ4n) is 2.37. The van der Waals surface area contributed by atoms with Crippen LogP contribution in [0.5, 0.6) is 0 Å². The standard InChI is InChI=1S/C13H21N3O3S/c1-10-9-16(4-5-19-10)20(17,18)13-6-12(15-8-13)7-14-11-2-3-11/h6,8,10-11,14-15H,2-5,7,9H2,1H3. The Morgan fingerprint density at radius 2 is 2.30 bits per heavy atom. The smallest absolute Gasteiger partial charge is 0.244 e. The largest absolute Gasteiger partial charge is 0.376 e. The van der Waals surface area contributed by atoms with Gasteiger partial charge in [0.25, 0.3) is 0 Å². The molecule has 6 nitrogen and oxygen atoms in total. The summed E-state index contributed by atoms with van der Waals surface area (Å²) in [4.78, 5) is 3.39. The molecule has 20 heavy (non-hydrogen) atoms. The Hall–Kier alpha value is -0.890. The number of morpholine rings is 1. The second-order valence-electron chi connectivity index (χ2n) is 5.56. The van der Waals surface area contributed by atoms with E-state index in [0.29, 0.717) is 37.2 Å². The van der Waals surface area contributed by atoms with Crippen molar-refractivity contribution < 1.29 is 13.2 Å². The minimum absolute atomic E-state index is 0.0477. The van der Waals surface area contributed by atoms with Crippen molar-refractivity contribution in [2.75, 3.05) is 19.7 Å². The molecular formula is C13H21N3O3S. The molecule has 1 atom stereocenters. The molecule has 1 saturated carbocycles. The number of ether oxygens (including phenoxy) is 1. The lowest BCUT2D eigenvalue weighted by Gasteiger charge is -2.29. The first-order chi connectivity index (χ1) is 9.55. The Balaban J connectivity index is 1.69. The maximum absolute atomic E-state index is 12.5. The zero-order valence-corrected chi connectivity index (χ0v) is 12.4. The lowest BCUT2D eigenvalue weighted by molar-refractivity contribution is 0.0102. The summed E-state index contributed by atoms with van der Waals surface area (Å²) in [5, 5.41) is 3.36. The zero-order valence-electron chi connectivity index (χ0n) is 11.6. The van der Waals surface area contributed by atoms with Crippen LogP contribution < -0.4 is 5.32 Å². The average molecular weight is 299 g/mol. The summed E-state index contributed by atoms with van der Waals surface area (Å²) >= 11 is 0. The molecule has 3 rings (SSSR count). The van der Waals surface area contributed by atoms with E-state index < -0.39 is 10.0 Å². The molecule has 0 amide bonds. The molecule has 2 N–H and O–H groups in total. The van der Waals surface area contributed by atoms with Crippen molar-refractivity contribution in [1.29, 1.82) is 0 Å². The van der Waals surface area contributed by atoms with Gasteiger partial charge in [-0.25, -0.2) is 8.42 Å². The molecule has 2 fully saturated rings. The lowest BCUT2D eigenvalue weighted by atomic mass is 10.3. The number of aromatic amines is 1. The fourth-order valence-corrected chi connectivity index (χ4v) is 3.88. The Bertz CT molecular complexity index is 565. The van der Waals surface area contributed by atoms with Crippen LogP contribution in [0, 0.1) is 0 Å². The maximum Gasteiger partial charge on any atom is 0.244 e. The first-order valence-electron chi connectivity index (χ1n) is 7.08. The average Bonchev–Trinajstić information content (AvgIpc) is 3.12.